The second-order valence-electron chi connectivity index (χ2n) is 6.11. The third kappa shape index (κ3) is 2.48. The minimum absolute atomic E-state index is 0.0366. The third-order valence-electron chi connectivity index (χ3n) is 4.42. The number of nitrogens with zero attached hydrogens (tertiary/aromatic N) is 4. The van der Waals surface area contributed by atoms with E-state index >= 15 is 4.39 Å². The van der Waals surface area contributed by atoms with Gasteiger partial charge in [0, 0.05) is 12.1 Å². The largest absolute Gasteiger partial charge is 0.338 e. The minimum atomic E-state index is -1.64. The van der Waals surface area contributed by atoms with E-state index in [2.05, 4.69) is 15.0 Å². The van der Waals surface area contributed by atoms with E-state index in [1.54, 1.807) is 0 Å². The number of imidazole rings is 1. The van der Waals surface area contributed by atoms with Crippen LogP contribution in [0.15, 0.2) is 42.5 Å². The number of pyridine rings is 1. The van der Waals surface area contributed by atoms with Crippen molar-refractivity contribution in [2.75, 3.05) is 13.1 Å². The number of nitriles is 1. The molecule has 1 saturated heterocycles. The number of piperidine rings is 1. The summed E-state index contributed by atoms with van der Waals surface area (Å²) in [6, 6.07) is 13.6. The molecule has 24 heavy (non-hydrogen) atoms. The molecule has 1 N–H and O–H groups in total. The fourth-order valence-electron chi connectivity index (χ4n) is 3.16. The molecule has 1 aromatic carbocycles. The fraction of sp³-hybridized carbons (Fsp3) is 0.278. The fourth-order valence-corrected chi connectivity index (χ4v) is 3.16. The first kappa shape index (κ1) is 14.6. The van der Waals surface area contributed by atoms with Gasteiger partial charge in [-0.2, -0.15) is 5.26 Å². The first-order chi connectivity index (χ1) is 11.7. The van der Waals surface area contributed by atoms with E-state index in [1.165, 1.54) is 4.90 Å². The van der Waals surface area contributed by atoms with Crippen LogP contribution in [0.3, 0.4) is 0 Å². The SMILES string of the molecule is N#CN1CCC[C@](F)(c2nc3nc(-c4ccccc4)ccc3[nH]2)C1. The Balaban J connectivity index is 1.72. The van der Waals surface area contributed by atoms with E-state index < -0.39 is 5.67 Å². The summed E-state index contributed by atoms with van der Waals surface area (Å²) in [5.41, 5.74) is 1.36. The van der Waals surface area contributed by atoms with Crippen molar-refractivity contribution in [2.45, 2.75) is 18.5 Å². The Morgan fingerprint density at radius 2 is 2.00 bits per heavy atom. The van der Waals surface area contributed by atoms with Gasteiger partial charge in [0.05, 0.1) is 17.8 Å². The summed E-state index contributed by atoms with van der Waals surface area (Å²) in [4.78, 5) is 13.4. The van der Waals surface area contributed by atoms with Crippen molar-refractivity contribution in [3.8, 4) is 17.5 Å². The summed E-state index contributed by atoms with van der Waals surface area (Å²) >= 11 is 0. The highest BCUT2D eigenvalue weighted by Crippen LogP contribution is 2.34. The first-order valence-corrected chi connectivity index (χ1v) is 7.94. The summed E-state index contributed by atoms with van der Waals surface area (Å²) < 4.78 is 15.3. The zero-order chi connectivity index (χ0) is 16.6. The molecule has 4 rings (SSSR count). The summed E-state index contributed by atoms with van der Waals surface area (Å²) in [7, 11) is 0. The average Bonchev–Trinajstić information content (AvgIpc) is 3.06. The molecule has 1 aliphatic rings. The molecule has 1 aliphatic heterocycles. The molecule has 120 valence electrons. The first-order valence-electron chi connectivity index (χ1n) is 7.94. The van der Waals surface area contributed by atoms with Crippen molar-refractivity contribution in [1.29, 1.82) is 5.26 Å². The molecule has 3 aromatic rings. The Bertz CT molecular complexity index is 914. The smallest absolute Gasteiger partial charge is 0.186 e. The van der Waals surface area contributed by atoms with Crippen LogP contribution in [0.2, 0.25) is 0 Å². The van der Waals surface area contributed by atoms with E-state index in [-0.39, 0.29) is 12.4 Å². The highest BCUT2D eigenvalue weighted by atomic mass is 19.1. The van der Waals surface area contributed by atoms with Gasteiger partial charge in [-0.1, -0.05) is 30.3 Å². The molecule has 6 heteroatoms. The lowest BCUT2D eigenvalue weighted by atomic mass is 9.94. The van der Waals surface area contributed by atoms with Crippen LogP contribution in [0.25, 0.3) is 22.4 Å². The number of fused-ring (bicyclic) bond motifs is 1. The van der Waals surface area contributed by atoms with E-state index in [0.717, 1.165) is 11.3 Å². The predicted octanol–water partition coefficient (Wildman–Crippen LogP) is 3.37. The molecule has 5 nitrogen and oxygen atoms in total. The quantitative estimate of drug-likeness (QED) is 0.735. The van der Waals surface area contributed by atoms with Crippen molar-refractivity contribution >= 4 is 11.2 Å². The summed E-state index contributed by atoms with van der Waals surface area (Å²) in [6.45, 7) is 0.633. The number of hydrogen-bond donors (Lipinski definition) is 1. The Labute approximate surface area is 138 Å². The summed E-state index contributed by atoms with van der Waals surface area (Å²) in [5, 5.41) is 9.04. The van der Waals surface area contributed by atoms with Gasteiger partial charge in [0.1, 0.15) is 5.82 Å². The molecule has 0 amide bonds. The zero-order valence-electron chi connectivity index (χ0n) is 13.0. The van der Waals surface area contributed by atoms with Crippen LogP contribution in [0.4, 0.5) is 4.39 Å². The van der Waals surface area contributed by atoms with Gasteiger partial charge >= 0.3 is 0 Å². The topological polar surface area (TPSA) is 68.6 Å². The number of halogens is 1. The van der Waals surface area contributed by atoms with E-state index in [4.69, 9.17) is 5.26 Å². The number of rotatable bonds is 2. The lowest BCUT2D eigenvalue weighted by Crippen LogP contribution is -2.41. The monoisotopic (exact) mass is 321 g/mol. The molecule has 2 aromatic heterocycles. The molecular weight excluding hydrogens is 305 g/mol. The molecular formula is C18H16FN5. The van der Waals surface area contributed by atoms with Crippen LogP contribution in [-0.2, 0) is 5.67 Å². The highest BCUT2D eigenvalue weighted by Gasteiger charge is 2.40. The van der Waals surface area contributed by atoms with Crippen LogP contribution in [0, 0.1) is 11.5 Å². The number of hydrogen-bond acceptors (Lipinski definition) is 4. The highest BCUT2D eigenvalue weighted by molar-refractivity contribution is 5.75. The summed E-state index contributed by atoms with van der Waals surface area (Å²) in [6.07, 6.45) is 3.02. The molecule has 0 unspecified atom stereocenters. The Kier molecular flexibility index (Phi) is 3.42. The van der Waals surface area contributed by atoms with Gasteiger partial charge in [-0.3, -0.25) is 0 Å². The molecule has 0 saturated carbocycles. The maximum absolute atomic E-state index is 15.3. The second-order valence-corrected chi connectivity index (χ2v) is 6.11. The van der Waals surface area contributed by atoms with Crippen molar-refractivity contribution < 1.29 is 4.39 Å². The van der Waals surface area contributed by atoms with Gasteiger partial charge in [-0.15, -0.1) is 0 Å². The zero-order valence-corrected chi connectivity index (χ0v) is 13.0. The maximum Gasteiger partial charge on any atom is 0.186 e. The van der Waals surface area contributed by atoms with Gasteiger partial charge in [-0.05, 0) is 25.0 Å². The normalized spacial score (nSPS) is 20.9. The van der Waals surface area contributed by atoms with Gasteiger partial charge in [0.15, 0.2) is 17.5 Å². The number of aromatic amines is 1. The van der Waals surface area contributed by atoms with Crippen molar-refractivity contribution in [3.63, 3.8) is 0 Å². The number of alkyl halides is 1. The molecule has 0 bridgehead atoms. The maximum atomic E-state index is 15.3. The van der Waals surface area contributed by atoms with Crippen molar-refractivity contribution in [3.05, 3.63) is 48.3 Å². The van der Waals surface area contributed by atoms with Crippen LogP contribution in [0.5, 0.6) is 0 Å². The molecule has 0 spiro atoms. The molecule has 1 fully saturated rings. The molecule has 0 radical (unpaired) electrons. The van der Waals surface area contributed by atoms with E-state index in [1.807, 2.05) is 48.7 Å². The van der Waals surface area contributed by atoms with Crippen LogP contribution >= 0.6 is 0 Å². The third-order valence-corrected chi connectivity index (χ3v) is 4.42. The van der Waals surface area contributed by atoms with Gasteiger partial charge in [0.2, 0.25) is 0 Å². The number of aromatic nitrogens is 3. The second kappa shape index (κ2) is 5.60. The Hall–Kier alpha value is -2.94. The number of likely N-dealkylation sites (tertiary alicyclic amines) is 1. The van der Waals surface area contributed by atoms with Gasteiger partial charge in [0.25, 0.3) is 0 Å². The number of nitrogens with one attached hydrogen (secondary N) is 1. The lowest BCUT2D eigenvalue weighted by molar-refractivity contribution is 0.0627. The lowest BCUT2D eigenvalue weighted by Gasteiger charge is -2.32. The minimum Gasteiger partial charge on any atom is -0.338 e. The molecule has 0 aliphatic carbocycles. The van der Waals surface area contributed by atoms with Crippen molar-refractivity contribution in [2.24, 2.45) is 0 Å². The Morgan fingerprint density at radius 1 is 1.17 bits per heavy atom. The van der Waals surface area contributed by atoms with Crippen LogP contribution in [-0.4, -0.2) is 32.9 Å². The van der Waals surface area contributed by atoms with Crippen LogP contribution in [0.1, 0.15) is 18.7 Å². The predicted molar refractivity (Wildman–Crippen MR) is 88.5 cm³/mol. The number of benzene rings is 1. The van der Waals surface area contributed by atoms with Gasteiger partial charge in [-0.25, -0.2) is 14.4 Å². The van der Waals surface area contributed by atoms with E-state index in [0.29, 0.717) is 30.6 Å². The molecule has 3 heterocycles. The molecule has 1 atom stereocenters. The van der Waals surface area contributed by atoms with Gasteiger partial charge < -0.3 is 9.88 Å². The van der Waals surface area contributed by atoms with E-state index in [9.17, 15) is 0 Å². The Morgan fingerprint density at radius 3 is 2.79 bits per heavy atom. The standard InChI is InChI=1S/C18H16FN5/c19-18(9-4-10-24(11-18)12-20)17-22-15-8-7-14(21-16(15)23-17)13-5-2-1-3-6-13/h1-3,5-8H,4,9-11H2,(H,21,22,23)/t18-/m1/s1. The number of H-pyrrole nitrogens is 1. The average molecular weight is 321 g/mol. The van der Waals surface area contributed by atoms with Crippen molar-refractivity contribution in [1.82, 2.24) is 19.9 Å². The summed E-state index contributed by atoms with van der Waals surface area (Å²) in [5.74, 6) is 0.259. The van der Waals surface area contributed by atoms with Crippen LogP contribution < -0.4 is 0 Å².